The molecule has 0 unspecified atom stereocenters. The Morgan fingerprint density at radius 2 is 1.33 bits per heavy atom. The first-order valence-electron chi connectivity index (χ1n) is 0.752. The van der Waals surface area contributed by atoms with Crippen LogP contribution < -0.4 is 5.02 Å². The molecule has 0 aromatic carbocycles. The Hall–Kier alpha value is 2.06. The molecule has 0 aliphatic heterocycles. The summed E-state index contributed by atoms with van der Waals surface area (Å²) in [6.45, 7) is 0. The second-order valence-corrected chi connectivity index (χ2v) is 0.326. The molecular weight excluding hydrogens is 344 g/mol. The summed E-state index contributed by atoms with van der Waals surface area (Å²) < 4.78 is 0. The van der Waals surface area contributed by atoms with Gasteiger partial charge in [0.05, 0.1) is 0 Å². The summed E-state index contributed by atoms with van der Waals surface area (Å²) >= 11 is 0. The third-order valence-corrected chi connectivity index (χ3v) is 0. The van der Waals surface area contributed by atoms with Crippen LogP contribution in [-0.4, -0.2) is 41.0 Å². The van der Waals surface area contributed by atoms with Gasteiger partial charge in [-0.1, -0.05) is 0 Å². The first-order chi connectivity index (χ1) is 1.73. The average molecular weight is 346 g/mol. The van der Waals surface area contributed by atoms with Crippen LogP contribution in [0.2, 0.25) is 0 Å². The summed E-state index contributed by atoms with van der Waals surface area (Å²) in [5, 5.41) is 22.8. The molecule has 0 aromatic rings. The van der Waals surface area contributed by atoms with E-state index < -0.39 is 7.32 Å². The smallest absolute Gasteiger partial charge is 2.00 e. The molecule has 0 saturated heterocycles. The van der Waals surface area contributed by atoms with Gasteiger partial charge in [-0.15, -0.1) is 0 Å². The number of hydrogen-bond donors (Lipinski definition) is 2. The third kappa shape index (κ3) is 36.6. The van der Waals surface area contributed by atoms with Gasteiger partial charge in [0, 0.05) is 0 Å². The molecule has 2 N–H and O–H groups in total. The van der Waals surface area contributed by atoms with Crippen molar-refractivity contribution >= 4 is 31.0 Å². The third-order valence-electron chi connectivity index (χ3n) is 0. The molecule has 0 aliphatic carbocycles. The molecule has 0 saturated carbocycles. The van der Waals surface area contributed by atoms with E-state index in [1.165, 1.54) is 0 Å². The average Bonchev–Trinajstić information content (AvgIpc) is 0.811. The molecule has 1 radical (unpaired) electrons. The van der Waals surface area contributed by atoms with Gasteiger partial charge in [0.2, 0.25) is 0 Å². The van der Waals surface area contributed by atoms with Crippen LogP contribution >= 0.6 is 0 Å². The zero-order valence-corrected chi connectivity index (χ0v) is 7.24. The van der Waals surface area contributed by atoms with Crippen molar-refractivity contribution in [2.45, 2.75) is 0 Å². The predicted octanol–water partition coefficient (Wildman–Crippen LogP) is -3.06. The maximum absolute atomic E-state index is 8.64. The van der Waals surface area contributed by atoms with E-state index in [1.54, 1.807) is 0 Å². The summed E-state index contributed by atoms with van der Waals surface area (Å²) in [7, 11) is -2.42. The molecular formula is H2BGdO3Te. The van der Waals surface area contributed by atoms with Crippen LogP contribution in [0.15, 0.2) is 0 Å². The van der Waals surface area contributed by atoms with Crippen LogP contribution in [0, 0.1) is 39.9 Å². The largest absolute Gasteiger partial charge is 3.00 e. The Kier molecular flexibility index (Phi) is 26.5. The van der Waals surface area contributed by atoms with Crippen molar-refractivity contribution < 1.29 is 55.0 Å². The van der Waals surface area contributed by atoms with Crippen LogP contribution in [0.25, 0.3) is 0 Å². The SMILES string of the molecule is [Gd+3].[O-]B(O)O.[Te-2]. The molecule has 37 valence electrons. The monoisotopic (exact) mass is 349 g/mol. The van der Waals surface area contributed by atoms with Gasteiger partial charge in [0.25, 0.3) is 0 Å². The summed E-state index contributed by atoms with van der Waals surface area (Å²) in [4.78, 5) is 0. The van der Waals surface area contributed by atoms with Gasteiger partial charge in [-0.05, 0) is 0 Å². The maximum Gasteiger partial charge on any atom is 3.00 e. The van der Waals surface area contributed by atoms with E-state index in [0.29, 0.717) is 0 Å². The molecule has 0 bridgehead atoms. The van der Waals surface area contributed by atoms with Gasteiger partial charge >= 0.3 is 47.3 Å². The van der Waals surface area contributed by atoms with Gasteiger partial charge < -0.3 is 38.7 Å². The number of hydrogen-bond acceptors (Lipinski definition) is 3. The Morgan fingerprint density at radius 1 is 1.33 bits per heavy atom. The summed E-state index contributed by atoms with van der Waals surface area (Å²) in [5.74, 6) is 0. The first-order valence-corrected chi connectivity index (χ1v) is 0.752. The Labute approximate surface area is 84.7 Å². The fraction of sp³-hybridized carbons (Fsp3) is 0. The normalized spacial score (nSPS) is 4.50. The second-order valence-electron chi connectivity index (χ2n) is 0.326. The quantitative estimate of drug-likeness (QED) is 0.458. The minimum absolute atomic E-state index is 0. The van der Waals surface area contributed by atoms with Crippen molar-refractivity contribution in [3.8, 4) is 0 Å². The zero-order chi connectivity index (χ0) is 3.58. The van der Waals surface area contributed by atoms with Crippen LogP contribution in [0.1, 0.15) is 0 Å². The van der Waals surface area contributed by atoms with Crippen molar-refractivity contribution in [2.24, 2.45) is 0 Å². The van der Waals surface area contributed by atoms with Crippen LogP contribution in [0.5, 0.6) is 0 Å². The molecule has 0 aliphatic rings. The zero-order valence-electron chi connectivity index (χ0n) is 2.64. The van der Waals surface area contributed by atoms with Crippen molar-refractivity contribution in [3.63, 3.8) is 0 Å². The number of rotatable bonds is 0. The van der Waals surface area contributed by atoms with E-state index in [9.17, 15) is 0 Å². The van der Waals surface area contributed by atoms with E-state index >= 15 is 0 Å². The minimum Gasteiger partial charge on any atom is -2.00 e. The van der Waals surface area contributed by atoms with E-state index in [4.69, 9.17) is 15.1 Å². The predicted molar refractivity (Wildman–Crippen MR) is 15.9 cm³/mol. The van der Waals surface area contributed by atoms with E-state index in [0.717, 1.165) is 0 Å². The Balaban J connectivity index is -0.0000000450. The van der Waals surface area contributed by atoms with Crippen molar-refractivity contribution in [3.05, 3.63) is 0 Å². The molecule has 0 spiro atoms. The molecule has 0 aromatic heterocycles. The van der Waals surface area contributed by atoms with Gasteiger partial charge in [-0.2, -0.15) is 0 Å². The van der Waals surface area contributed by atoms with Gasteiger partial charge in [-0.25, -0.2) is 0 Å². The Morgan fingerprint density at radius 3 is 1.33 bits per heavy atom. The van der Waals surface area contributed by atoms with Crippen molar-refractivity contribution in [2.75, 3.05) is 0 Å². The molecule has 6 heavy (non-hydrogen) atoms. The molecule has 0 fully saturated rings. The summed E-state index contributed by atoms with van der Waals surface area (Å²) in [6.07, 6.45) is 0. The van der Waals surface area contributed by atoms with Crippen LogP contribution in [-0.2, 0) is 0 Å². The van der Waals surface area contributed by atoms with E-state index in [1.807, 2.05) is 0 Å². The van der Waals surface area contributed by atoms with Gasteiger partial charge in [0.1, 0.15) is 0 Å². The first kappa shape index (κ1) is 15.7. The molecule has 0 atom stereocenters. The summed E-state index contributed by atoms with van der Waals surface area (Å²) in [5.41, 5.74) is 0. The molecule has 0 heterocycles. The fourth-order valence-corrected chi connectivity index (χ4v) is 0. The topological polar surface area (TPSA) is 63.5 Å². The minimum atomic E-state index is -2.42. The van der Waals surface area contributed by atoms with E-state index in [-0.39, 0.29) is 63.6 Å². The molecule has 0 amide bonds. The van der Waals surface area contributed by atoms with E-state index in [2.05, 4.69) is 0 Å². The fourth-order valence-electron chi connectivity index (χ4n) is 0. The van der Waals surface area contributed by atoms with Gasteiger partial charge in [-0.3, -0.25) is 0 Å². The van der Waals surface area contributed by atoms with Crippen LogP contribution in [0.4, 0.5) is 0 Å². The van der Waals surface area contributed by atoms with Gasteiger partial charge in [0.15, 0.2) is 0 Å². The molecule has 6 heteroatoms. The second kappa shape index (κ2) is 10.1. The Bertz CT molecular complexity index is 15.5. The summed E-state index contributed by atoms with van der Waals surface area (Å²) in [6, 6.07) is 0. The molecule has 0 rings (SSSR count). The standard InChI is InChI=1S/BH2O3.Gd.Te/c2-1(3)4;;/h2-3H;;/q-1;+3;-2. The van der Waals surface area contributed by atoms with Crippen molar-refractivity contribution in [1.82, 2.24) is 0 Å². The maximum atomic E-state index is 8.64. The van der Waals surface area contributed by atoms with Crippen molar-refractivity contribution in [1.29, 1.82) is 0 Å². The molecule has 3 nitrogen and oxygen atoms in total. The van der Waals surface area contributed by atoms with Crippen LogP contribution in [0.3, 0.4) is 0 Å².